The minimum atomic E-state index is -0.627. The van der Waals surface area contributed by atoms with Crippen molar-refractivity contribution >= 4 is 11.9 Å². The average Bonchev–Trinajstić information content (AvgIpc) is 2.23. The highest BCUT2D eigenvalue weighted by Crippen LogP contribution is 2.07. The standard InChI is InChI=1S/C13H26N2O3/c1-8(2)6-11(15-12(16)10(5)14)13(17)18-7-9(3)4/h8-11H,6-7,14H2,1-5H3,(H,15,16)/t10-,11-/m0/s1. The zero-order chi connectivity index (χ0) is 14.3. The lowest BCUT2D eigenvalue weighted by atomic mass is 10.0. The van der Waals surface area contributed by atoms with Crippen molar-refractivity contribution in [3.05, 3.63) is 0 Å². The van der Waals surface area contributed by atoms with E-state index in [-0.39, 0.29) is 23.7 Å². The first-order valence-corrected chi connectivity index (χ1v) is 6.46. The second-order valence-corrected chi connectivity index (χ2v) is 5.50. The molecule has 0 aromatic carbocycles. The number of hydrogen-bond donors (Lipinski definition) is 2. The number of esters is 1. The Balaban J connectivity index is 4.47. The largest absolute Gasteiger partial charge is 0.464 e. The maximum atomic E-state index is 11.9. The zero-order valence-electron chi connectivity index (χ0n) is 12.0. The van der Waals surface area contributed by atoms with E-state index in [0.29, 0.717) is 13.0 Å². The molecule has 18 heavy (non-hydrogen) atoms. The predicted molar refractivity (Wildman–Crippen MR) is 70.8 cm³/mol. The lowest BCUT2D eigenvalue weighted by Crippen LogP contribution is -2.48. The Hall–Kier alpha value is -1.10. The average molecular weight is 258 g/mol. The number of ether oxygens (including phenoxy) is 1. The molecule has 0 saturated carbocycles. The summed E-state index contributed by atoms with van der Waals surface area (Å²) >= 11 is 0. The van der Waals surface area contributed by atoms with Gasteiger partial charge in [-0.05, 0) is 25.2 Å². The molecule has 5 nitrogen and oxygen atoms in total. The van der Waals surface area contributed by atoms with E-state index in [2.05, 4.69) is 5.32 Å². The Morgan fingerprint density at radius 1 is 1.11 bits per heavy atom. The van der Waals surface area contributed by atoms with E-state index in [9.17, 15) is 9.59 Å². The number of carbonyl (C=O) groups is 2. The SMILES string of the molecule is CC(C)COC(=O)[C@H](CC(C)C)NC(=O)[C@H](C)N. The van der Waals surface area contributed by atoms with E-state index in [1.165, 1.54) is 0 Å². The van der Waals surface area contributed by atoms with Crippen LogP contribution in [0.1, 0.15) is 41.0 Å². The molecule has 0 aromatic heterocycles. The Bertz CT molecular complexity index is 275. The van der Waals surface area contributed by atoms with Crippen molar-refractivity contribution in [1.29, 1.82) is 0 Å². The summed E-state index contributed by atoms with van der Waals surface area (Å²) in [6.45, 7) is 9.85. The molecule has 0 spiro atoms. The molecule has 5 heteroatoms. The Morgan fingerprint density at radius 2 is 1.67 bits per heavy atom. The van der Waals surface area contributed by atoms with Crippen molar-refractivity contribution in [3.8, 4) is 0 Å². The molecule has 0 aromatic rings. The molecule has 0 radical (unpaired) electrons. The summed E-state index contributed by atoms with van der Waals surface area (Å²) in [6.07, 6.45) is 0.551. The van der Waals surface area contributed by atoms with Gasteiger partial charge < -0.3 is 15.8 Å². The minimum Gasteiger partial charge on any atom is -0.464 e. The van der Waals surface area contributed by atoms with Gasteiger partial charge in [-0.2, -0.15) is 0 Å². The Kier molecular flexibility index (Phi) is 7.59. The Labute approximate surface area is 109 Å². The highest BCUT2D eigenvalue weighted by atomic mass is 16.5. The van der Waals surface area contributed by atoms with Crippen LogP contribution in [0.4, 0.5) is 0 Å². The molecule has 0 aliphatic carbocycles. The van der Waals surface area contributed by atoms with Crippen LogP contribution in [0.5, 0.6) is 0 Å². The second-order valence-electron chi connectivity index (χ2n) is 5.50. The quantitative estimate of drug-likeness (QED) is 0.669. The summed E-state index contributed by atoms with van der Waals surface area (Å²) < 4.78 is 5.15. The van der Waals surface area contributed by atoms with Crippen LogP contribution in [0.25, 0.3) is 0 Å². The Morgan fingerprint density at radius 3 is 2.06 bits per heavy atom. The maximum absolute atomic E-state index is 11.9. The summed E-state index contributed by atoms with van der Waals surface area (Å²) in [6, 6.07) is -1.24. The summed E-state index contributed by atoms with van der Waals surface area (Å²) in [5, 5.41) is 2.63. The number of rotatable bonds is 7. The molecule has 0 bridgehead atoms. The second kappa shape index (κ2) is 8.08. The van der Waals surface area contributed by atoms with Crippen molar-refractivity contribution in [2.75, 3.05) is 6.61 Å². The third-order valence-electron chi connectivity index (χ3n) is 2.28. The van der Waals surface area contributed by atoms with Crippen LogP contribution in [0, 0.1) is 11.8 Å². The number of hydrogen-bond acceptors (Lipinski definition) is 4. The van der Waals surface area contributed by atoms with Crippen molar-refractivity contribution in [2.45, 2.75) is 53.1 Å². The van der Waals surface area contributed by atoms with Gasteiger partial charge >= 0.3 is 5.97 Å². The molecular weight excluding hydrogens is 232 g/mol. The van der Waals surface area contributed by atoms with Gasteiger partial charge in [0.05, 0.1) is 12.6 Å². The fourth-order valence-electron chi connectivity index (χ4n) is 1.34. The maximum Gasteiger partial charge on any atom is 0.328 e. The lowest BCUT2D eigenvalue weighted by molar-refractivity contribution is -0.149. The van der Waals surface area contributed by atoms with Crippen LogP contribution in [-0.4, -0.2) is 30.6 Å². The molecule has 2 atom stereocenters. The van der Waals surface area contributed by atoms with Crippen LogP contribution in [-0.2, 0) is 14.3 Å². The van der Waals surface area contributed by atoms with E-state index >= 15 is 0 Å². The monoisotopic (exact) mass is 258 g/mol. The van der Waals surface area contributed by atoms with Crippen LogP contribution in [0.15, 0.2) is 0 Å². The summed E-state index contributed by atoms with van der Waals surface area (Å²) in [5.74, 6) is -0.152. The highest BCUT2D eigenvalue weighted by Gasteiger charge is 2.24. The highest BCUT2D eigenvalue weighted by molar-refractivity contribution is 5.87. The first-order valence-electron chi connectivity index (χ1n) is 6.46. The van der Waals surface area contributed by atoms with Gasteiger partial charge in [0.1, 0.15) is 6.04 Å². The molecule has 3 N–H and O–H groups in total. The van der Waals surface area contributed by atoms with Gasteiger partial charge in [0.25, 0.3) is 0 Å². The molecule has 0 fully saturated rings. The third-order valence-corrected chi connectivity index (χ3v) is 2.28. The van der Waals surface area contributed by atoms with Gasteiger partial charge in [0, 0.05) is 0 Å². The predicted octanol–water partition coefficient (Wildman–Crippen LogP) is 1.06. The van der Waals surface area contributed by atoms with Gasteiger partial charge in [0.15, 0.2) is 0 Å². The van der Waals surface area contributed by atoms with E-state index in [4.69, 9.17) is 10.5 Å². The van der Waals surface area contributed by atoms with Gasteiger partial charge in [-0.3, -0.25) is 4.79 Å². The first kappa shape index (κ1) is 16.9. The molecule has 106 valence electrons. The molecule has 0 heterocycles. The molecule has 0 aliphatic rings. The first-order chi connectivity index (χ1) is 8.23. The summed E-state index contributed by atoms with van der Waals surface area (Å²) in [7, 11) is 0. The smallest absolute Gasteiger partial charge is 0.328 e. The number of nitrogens with one attached hydrogen (secondary N) is 1. The van der Waals surface area contributed by atoms with E-state index in [1.807, 2.05) is 27.7 Å². The third kappa shape index (κ3) is 7.27. The van der Waals surface area contributed by atoms with E-state index < -0.39 is 12.1 Å². The van der Waals surface area contributed by atoms with Crippen molar-refractivity contribution in [1.82, 2.24) is 5.32 Å². The van der Waals surface area contributed by atoms with Crippen LogP contribution in [0.3, 0.4) is 0 Å². The normalized spacial score (nSPS) is 14.4. The number of amides is 1. The molecule has 1 amide bonds. The van der Waals surface area contributed by atoms with Crippen molar-refractivity contribution in [2.24, 2.45) is 17.6 Å². The van der Waals surface area contributed by atoms with E-state index in [0.717, 1.165) is 0 Å². The van der Waals surface area contributed by atoms with Crippen molar-refractivity contribution in [3.63, 3.8) is 0 Å². The molecular formula is C13H26N2O3. The minimum absolute atomic E-state index is 0.276. The topological polar surface area (TPSA) is 81.4 Å². The van der Waals surface area contributed by atoms with Crippen LogP contribution >= 0.6 is 0 Å². The number of carbonyl (C=O) groups excluding carboxylic acids is 2. The van der Waals surface area contributed by atoms with Crippen LogP contribution < -0.4 is 11.1 Å². The number of nitrogens with two attached hydrogens (primary N) is 1. The zero-order valence-corrected chi connectivity index (χ0v) is 12.0. The van der Waals surface area contributed by atoms with Gasteiger partial charge in [-0.1, -0.05) is 27.7 Å². The van der Waals surface area contributed by atoms with E-state index in [1.54, 1.807) is 6.92 Å². The molecule has 0 saturated heterocycles. The molecule has 0 unspecified atom stereocenters. The summed E-state index contributed by atoms with van der Waals surface area (Å²) in [4.78, 5) is 23.4. The summed E-state index contributed by atoms with van der Waals surface area (Å²) in [5.41, 5.74) is 5.47. The molecule has 0 aliphatic heterocycles. The van der Waals surface area contributed by atoms with Crippen LogP contribution in [0.2, 0.25) is 0 Å². The lowest BCUT2D eigenvalue weighted by Gasteiger charge is -2.20. The fraction of sp³-hybridized carbons (Fsp3) is 0.846. The van der Waals surface area contributed by atoms with Gasteiger partial charge in [-0.25, -0.2) is 4.79 Å². The fourth-order valence-corrected chi connectivity index (χ4v) is 1.34. The van der Waals surface area contributed by atoms with Crippen molar-refractivity contribution < 1.29 is 14.3 Å². The van der Waals surface area contributed by atoms with Gasteiger partial charge in [0.2, 0.25) is 5.91 Å². The van der Waals surface area contributed by atoms with Gasteiger partial charge in [-0.15, -0.1) is 0 Å². The molecule has 0 rings (SSSR count).